The van der Waals surface area contributed by atoms with E-state index in [2.05, 4.69) is 41.2 Å². The molecule has 3 fully saturated rings. The van der Waals surface area contributed by atoms with Gasteiger partial charge in [0.25, 0.3) is 0 Å². The summed E-state index contributed by atoms with van der Waals surface area (Å²) in [7, 11) is 0. The van der Waals surface area contributed by atoms with Crippen molar-refractivity contribution < 1.29 is 0 Å². The second-order valence-corrected chi connectivity index (χ2v) is 5.66. The van der Waals surface area contributed by atoms with Crippen molar-refractivity contribution in [2.75, 3.05) is 45.8 Å². The SMILES string of the molecule is CCNC(=NCC1CN2CCN1CC2)NC(C)CC.I. The Morgan fingerprint density at radius 2 is 1.95 bits per heavy atom. The zero-order chi connectivity index (χ0) is 13.7. The van der Waals surface area contributed by atoms with E-state index in [9.17, 15) is 0 Å². The first-order valence-corrected chi connectivity index (χ1v) is 7.74. The van der Waals surface area contributed by atoms with Gasteiger partial charge in [0.1, 0.15) is 0 Å². The minimum Gasteiger partial charge on any atom is -0.357 e. The van der Waals surface area contributed by atoms with Crippen LogP contribution in [0.25, 0.3) is 0 Å². The second kappa shape index (κ2) is 9.04. The molecule has 5 nitrogen and oxygen atoms in total. The number of aliphatic imine (C=N–C) groups is 1. The summed E-state index contributed by atoms with van der Waals surface area (Å²) in [4.78, 5) is 9.93. The van der Waals surface area contributed by atoms with Gasteiger partial charge in [-0.1, -0.05) is 6.92 Å². The molecule has 6 heteroatoms. The summed E-state index contributed by atoms with van der Waals surface area (Å²) in [5.74, 6) is 0.967. The van der Waals surface area contributed by atoms with Crippen LogP contribution in [0.3, 0.4) is 0 Å². The van der Waals surface area contributed by atoms with Crippen LogP contribution in [0.5, 0.6) is 0 Å². The molecule has 0 aliphatic carbocycles. The van der Waals surface area contributed by atoms with Crippen LogP contribution in [0.1, 0.15) is 27.2 Å². The van der Waals surface area contributed by atoms with E-state index >= 15 is 0 Å². The highest BCUT2D eigenvalue weighted by molar-refractivity contribution is 14.0. The molecule has 3 aliphatic heterocycles. The number of fused-ring (bicyclic) bond motifs is 3. The van der Waals surface area contributed by atoms with Crippen LogP contribution in [-0.2, 0) is 0 Å². The number of nitrogens with zero attached hydrogens (tertiary/aromatic N) is 3. The maximum atomic E-state index is 4.77. The number of hydrogen-bond donors (Lipinski definition) is 2. The van der Waals surface area contributed by atoms with Gasteiger partial charge in [-0.3, -0.25) is 14.8 Å². The molecule has 0 aromatic carbocycles. The molecule has 0 aromatic heterocycles. The van der Waals surface area contributed by atoms with Gasteiger partial charge in [-0.2, -0.15) is 0 Å². The molecule has 3 saturated heterocycles. The summed E-state index contributed by atoms with van der Waals surface area (Å²) in [6, 6.07) is 1.08. The van der Waals surface area contributed by atoms with Gasteiger partial charge in [0, 0.05) is 51.4 Å². The highest BCUT2D eigenvalue weighted by atomic mass is 127. The summed E-state index contributed by atoms with van der Waals surface area (Å²) < 4.78 is 0. The average Bonchev–Trinajstić information content (AvgIpc) is 2.46. The molecule has 0 amide bonds. The number of hydrogen-bond acceptors (Lipinski definition) is 3. The molecule has 3 heterocycles. The van der Waals surface area contributed by atoms with Gasteiger partial charge in [0.2, 0.25) is 0 Å². The molecule has 20 heavy (non-hydrogen) atoms. The summed E-state index contributed by atoms with van der Waals surface area (Å²) in [5.41, 5.74) is 0. The molecule has 118 valence electrons. The first kappa shape index (κ1) is 18.0. The minimum atomic E-state index is 0. The van der Waals surface area contributed by atoms with Crippen LogP contribution in [0, 0.1) is 0 Å². The quantitative estimate of drug-likeness (QED) is 0.414. The zero-order valence-corrected chi connectivity index (χ0v) is 15.4. The summed E-state index contributed by atoms with van der Waals surface area (Å²) in [5, 5.41) is 6.80. The van der Waals surface area contributed by atoms with E-state index in [1.54, 1.807) is 0 Å². The summed E-state index contributed by atoms with van der Waals surface area (Å²) in [6.45, 7) is 14.4. The van der Waals surface area contributed by atoms with Gasteiger partial charge < -0.3 is 10.6 Å². The number of piperazine rings is 3. The number of rotatable bonds is 5. The van der Waals surface area contributed by atoms with Crippen LogP contribution in [0.2, 0.25) is 0 Å². The Hall–Kier alpha value is -0.0800. The van der Waals surface area contributed by atoms with Crippen LogP contribution in [0.4, 0.5) is 0 Å². The normalized spacial score (nSPS) is 30.6. The molecule has 3 aliphatic rings. The Morgan fingerprint density at radius 3 is 2.45 bits per heavy atom. The third-order valence-electron chi connectivity index (χ3n) is 4.19. The second-order valence-electron chi connectivity index (χ2n) is 5.66. The molecule has 2 bridgehead atoms. The van der Waals surface area contributed by atoms with Crippen molar-refractivity contribution in [3.63, 3.8) is 0 Å². The molecule has 0 saturated carbocycles. The van der Waals surface area contributed by atoms with Gasteiger partial charge in [-0.05, 0) is 20.3 Å². The fourth-order valence-corrected chi connectivity index (χ4v) is 2.75. The highest BCUT2D eigenvalue weighted by Crippen LogP contribution is 2.15. The van der Waals surface area contributed by atoms with Gasteiger partial charge >= 0.3 is 0 Å². The Bertz CT molecular complexity index is 302. The molecular formula is C14H30IN5. The van der Waals surface area contributed by atoms with E-state index in [-0.39, 0.29) is 24.0 Å². The van der Waals surface area contributed by atoms with Crippen molar-refractivity contribution >= 4 is 29.9 Å². The van der Waals surface area contributed by atoms with E-state index in [0.717, 1.165) is 25.5 Å². The molecule has 3 rings (SSSR count). The lowest BCUT2D eigenvalue weighted by Crippen LogP contribution is -2.62. The molecule has 2 N–H and O–H groups in total. The third-order valence-corrected chi connectivity index (χ3v) is 4.19. The standard InChI is InChI=1S/C14H29N5.HI/c1-4-12(3)17-14(15-5-2)16-10-13-11-18-6-8-19(13)9-7-18;/h12-13H,4-11H2,1-3H3,(H2,15,16,17);1H. The van der Waals surface area contributed by atoms with E-state index in [4.69, 9.17) is 4.99 Å². The largest absolute Gasteiger partial charge is 0.357 e. The van der Waals surface area contributed by atoms with Gasteiger partial charge in [0.05, 0.1) is 6.54 Å². The van der Waals surface area contributed by atoms with Crippen LogP contribution < -0.4 is 10.6 Å². The fraction of sp³-hybridized carbons (Fsp3) is 0.929. The van der Waals surface area contributed by atoms with Crippen LogP contribution in [0.15, 0.2) is 4.99 Å². The van der Waals surface area contributed by atoms with E-state index in [1.165, 1.54) is 32.7 Å². The average molecular weight is 395 g/mol. The summed E-state index contributed by atoms with van der Waals surface area (Å²) in [6.07, 6.45) is 1.12. The number of nitrogens with one attached hydrogen (secondary N) is 2. The predicted octanol–water partition coefficient (Wildman–Crippen LogP) is 0.958. The molecule has 0 radical (unpaired) electrons. The topological polar surface area (TPSA) is 42.9 Å². The lowest BCUT2D eigenvalue weighted by Gasteiger charge is -2.47. The molecular weight excluding hydrogens is 365 g/mol. The molecule has 2 unspecified atom stereocenters. The van der Waals surface area contributed by atoms with Crippen molar-refractivity contribution in [1.82, 2.24) is 20.4 Å². The molecule has 0 aromatic rings. The predicted molar refractivity (Wildman–Crippen MR) is 96.1 cm³/mol. The Morgan fingerprint density at radius 1 is 1.25 bits per heavy atom. The van der Waals surface area contributed by atoms with Crippen molar-refractivity contribution in [3.8, 4) is 0 Å². The summed E-state index contributed by atoms with van der Waals surface area (Å²) >= 11 is 0. The maximum absolute atomic E-state index is 4.77. The first-order chi connectivity index (χ1) is 9.22. The Labute approximate surface area is 140 Å². The van der Waals surface area contributed by atoms with Crippen LogP contribution >= 0.6 is 24.0 Å². The lowest BCUT2D eigenvalue weighted by molar-refractivity contribution is 0.0174. The number of guanidine groups is 1. The lowest BCUT2D eigenvalue weighted by atomic mass is 10.1. The van der Waals surface area contributed by atoms with E-state index < -0.39 is 0 Å². The monoisotopic (exact) mass is 395 g/mol. The van der Waals surface area contributed by atoms with Gasteiger partial charge in [-0.15, -0.1) is 24.0 Å². The first-order valence-electron chi connectivity index (χ1n) is 7.74. The smallest absolute Gasteiger partial charge is 0.191 e. The number of halogens is 1. The van der Waals surface area contributed by atoms with Gasteiger partial charge in [-0.25, -0.2) is 0 Å². The van der Waals surface area contributed by atoms with Crippen LogP contribution in [-0.4, -0.2) is 73.7 Å². The fourth-order valence-electron chi connectivity index (χ4n) is 2.75. The molecule has 0 spiro atoms. The van der Waals surface area contributed by atoms with E-state index in [0.29, 0.717) is 12.1 Å². The Balaban J connectivity index is 0.00000200. The third kappa shape index (κ3) is 5.04. The maximum Gasteiger partial charge on any atom is 0.191 e. The van der Waals surface area contributed by atoms with Crippen molar-refractivity contribution in [2.24, 2.45) is 4.99 Å². The van der Waals surface area contributed by atoms with Crippen molar-refractivity contribution in [1.29, 1.82) is 0 Å². The highest BCUT2D eigenvalue weighted by Gasteiger charge is 2.31. The van der Waals surface area contributed by atoms with Crippen molar-refractivity contribution in [2.45, 2.75) is 39.3 Å². The Kier molecular flexibility index (Phi) is 8.13. The van der Waals surface area contributed by atoms with E-state index in [1.807, 2.05) is 0 Å². The van der Waals surface area contributed by atoms with Crippen molar-refractivity contribution in [3.05, 3.63) is 0 Å². The zero-order valence-electron chi connectivity index (χ0n) is 13.1. The molecule has 2 atom stereocenters. The van der Waals surface area contributed by atoms with Gasteiger partial charge in [0.15, 0.2) is 5.96 Å². The minimum absolute atomic E-state index is 0.